The Bertz CT molecular complexity index is 1650. The monoisotopic (exact) mass is 656 g/mol. The zero-order chi connectivity index (χ0) is 34.5. The second-order valence-corrected chi connectivity index (χ2v) is 12.0. The van der Waals surface area contributed by atoms with Crippen LogP contribution in [0.1, 0.15) is 62.6 Å². The van der Waals surface area contributed by atoms with Crippen molar-refractivity contribution in [2.24, 2.45) is 5.92 Å². The van der Waals surface area contributed by atoms with Crippen LogP contribution in [-0.4, -0.2) is 42.1 Å². The molecule has 1 heterocycles. The number of hydrogen-bond acceptors (Lipinski definition) is 6. The molecule has 0 spiro atoms. The molecule has 1 aliphatic heterocycles. The van der Waals surface area contributed by atoms with Gasteiger partial charge in [-0.2, -0.15) is 18.4 Å². The summed E-state index contributed by atoms with van der Waals surface area (Å²) in [5.41, 5.74) is -0.822. The maximum absolute atomic E-state index is 14.1. The minimum Gasteiger partial charge on any atom is -0.459 e. The Labute approximate surface area is 268 Å². The van der Waals surface area contributed by atoms with E-state index in [4.69, 9.17) is 4.74 Å². The number of ether oxygens (including phenoxy) is 1. The quantitative estimate of drug-likeness (QED) is 0.187. The Morgan fingerprint density at radius 2 is 1.72 bits per heavy atom. The molecule has 0 radical (unpaired) electrons. The first-order chi connectivity index (χ1) is 22.1. The van der Waals surface area contributed by atoms with Gasteiger partial charge in [0.2, 0.25) is 11.8 Å². The first-order valence-electron chi connectivity index (χ1n) is 14.7. The van der Waals surface area contributed by atoms with Gasteiger partial charge in [0.25, 0.3) is 6.43 Å². The summed E-state index contributed by atoms with van der Waals surface area (Å²) in [6.45, 7) is 4.39. The summed E-state index contributed by atoms with van der Waals surface area (Å²) >= 11 is 0. The minimum absolute atomic E-state index is 0.146. The summed E-state index contributed by atoms with van der Waals surface area (Å²) in [6.07, 6.45) is -9.89. The molecule has 0 saturated heterocycles. The number of anilines is 3. The molecule has 2 N–H and O–H groups in total. The standard InChI is InChI=1S/C34H33F5N4O4/c1-33(2,3)47-32(46)27(21-10-5-4-6-11-21)23(15-16-34(37,38)39)30(44)41-25-19-43(22-12-7-9-20(17-22)18-40)26-14-8-13-24(29(35)36)28(26)42-31(25)45/h4-14,17,23,25,27,29H,15-16,19H2,1-3H3,(H,41,44)(H,42,45)/t23-,25+,27+/m1/s1. The lowest BCUT2D eigenvalue weighted by Crippen LogP contribution is -2.51. The lowest BCUT2D eigenvalue weighted by atomic mass is 9.82. The van der Waals surface area contributed by atoms with Gasteiger partial charge in [0, 0.05) is 17.7 Å². The highest BCUT2D eigenvalue weighted by atomic mass is 19.4. The fraction of sp³-hybridized carbons (Fsp3) is 0.353. The molecule has 0 bridgehead atoms. The number of benzene rings is 3. The number of carbonyl (C=O) groups excluding carboxylic acids is 3. The van der Waals surface area contributed by atoms with Crippen LogP contribution >= 0.6 is 0 Å². The molecule has 47 heavy (non-hydrogen) atoms. The number of carbonyl (C=O) groups is 3. The van der Waals surface area contributed by atoms with Crippen molar-refractivity contribution in [2.75, 3.05) is 16.8 Å². The highest BCUT2D eigenvalue weighted by molar-refractivity contribution is 6.04. The highest BCUT2D eigenvalue weighted by Crippen LogP contribution is 2.41. The first-order valence-corrected chi connectivity index (χ1v) is 14.7. The van der Waals surface area contributed by atoms with Gasteiger partial charge in [-0.25, -0.2) is 8.78 Å². The number of nitrogens with one attached hydrogen (secondary N) is 2. The van der Waals surface area contributed by atoms with Crippen molar-refractivity contribution in [1.82, 2.24) is 5.32 Å². The minimum atomic E-state index is -4.68. The number of rotatable bonds is 9. The largest absolute Gasteiger partial charge is 0.459 e. The van der Waals surface area contributed by atoms with Crippen LogP contribution in [0.5, 0.6) is 0 Å². The Morgan fingerprint density at radius 1 is 1.04 bits per heavy atom. The average Bonchev–Trinajstić information content (AvgIpc) is 3.13. The molecule has 0 aromatic heterocycles. The first kappa shape index (κ1) is 34.9. The van der Waals surface area contributed by atoms with Crippen LogP contribution in [0.4, 0.5) is 39.0 Å². The summed E-state index contributed by atoms with van der Waals surface area (Å²) < 4.78 is 74.3. The van der Waals surface area contributed by atoms with Gasteiger partial charge in [0.15, 0.2) is 0 Å². The van der Waals surface area contributed by atoms with Gasteiger partial charge in [-0.15, -0.1) is 0 Å². The van der Waals surface area contributed by atoms with Gasteiger partial charge in [0.1, 0.15) is 11.6 Å². The third kappa shape index (κ3) is 8.84. The number of para-hydroxylation sites is 1. The fourth-order valence-corrected chi connectivity index (χ4v) is 5.38. The van der Waals surface area contributed by atoms with E-state index in [1.165, 1.54) is 41.3 Å². The smallest absolute Gasteiger partial charge is 0.389 e. The van der Waals surface area contributed by atoms with Crippen LogP contribution in [0.25, 0.3) is 0 Å². The van der Waals surface area contributed by atoms with Crippen molar-refractivity contribution in [2.45, 2.75) is 63.8 Å². The van der Waals surface area contributed by atoms with Gasteiger partial charge in [0.05, 0.1) is 41.4 Å². The molecule has 0 fully saturated rings. The predicted molar refractivity (Wildman–Crippen MR) is 164 cm³/mol. The molecule has 0 unspecified atom stereocenters. The zero-order valence-electron chi connectivity index (χ0n) is 25.8. The number of amides is 2. The van der Waals surface area contributed by atoms with Crippen LogP contribution in [0, 0.1) is 17.2 Å². The molecule has 2 amide bonds. The number of halogens is 5. The molecule has 0 aliphatic carbocycles. The van der Waals surface area contributed by atoms with E-state index in [-0.39, 0.29) is 29.0 Å². The van der Waals surface area contributed by atoms with Crippen molar-refractivity contribution in [3.05, 3.63) is 89.5 Å². The molecule has 13 heteroatoms. The topological polar surface area (TPSA) is 112 Å². The van der Waals surface area contributed by atoms with Crippen LogP contribution in [0.15, 0.2) is 72.8 Å². The summed E-state index contributed by atoms with van der Waals surface area (Å²) in [5, 5.41) is 14.4. The van der Waals surface area contributed by atoms with Crippen molar-refractivity contribution in [1.29, 1.82) is 5.26 Å². The average molecular weight is 657 g/mol. The Hall–Kier alpha value is -4.99. The molecule has 3 atom stereocenters. The van der Waals surface area contributed by atoms with E-state index < -0.39 is 72.3 Å². The molecule has 248 valence electrons. The van der Waals surface area contributed by atoms with Crippen molar-refractivity contribution < 1.29 is 41.1 Å². The van der Waals surface area contributed by atoms with Crippen molar-refractivity contribution >= 4 is 34.8 Å². The second kappa shape index (κ2) is 14.2. The molecule has 0 saturated carbocycles. The Kier molecular flexibility index (Phi) is 10.5. The summed E-state index contributed by atoms with van der Waals surface area (Å²) in [7, 11) is 0. The third-order valence-corrected chi connectivity index (χ3v) is 7.43. The van der Waals surface area contributed by atoms with E-state index in [1.54, 1.807) is 51.1 Å². The summed E-state index contributed by atoms with van der Waals surface area (Å²) in [6, 6.07) is 18.3. The maximum Gasteiger partial charge on any atom is 0.389 e. The molecular formula is C34H33F5N4O4. The van der Waals surface area contributed by atoms with Gasteiger partial charge >= 0.3 is 12.1 Å². The lowest BCUT2D eigenvalue weighted by molar-refractivity contribution is -0.162. The van der Waals surface area contributed by atoms with Crippen LogP contribution in [0.3, 0.4) is 0 Å². The van der Waals surface area contributed by atoms with Gasteiger partial charge < -0.3 is 20.3 Å². The molecule has 3 aromatic carbocycles. The van der Waals surface area contributed by atoms with Gasteiger partial charge in [-0.05, 0) is 57.0 Å². The highest BCUT2D eigenvalue weighted by Gasteiger charge is 2.42. The Balaban J connectivity index is 1.77. The molecule has 1 aliphatic rings. The fourth-order valence-electron chi connectivity index (χ4n) is 5.38. The van der Waals surface area contributed by atoms with E-state index >= 15 is 0 Å². The predicted octanol–water partition coefficient (Wildman–Crippen LogP) is 7.16. The van der Waals surface area contributed by atoms with E-state index in [0.717, 1.165) is 6.07 Å². The van der Waals surface area contributed by atoms with E-state index in [0.29, 0.717) is 5.69 Å². The summed E-state index contributed by atoms with van der Waals surface area (Å²) in [5.74, 6) is -5.99. The number of hydrogen-bond donors (Lipinski definition) is 2. The molecule has 8 nitrogen and oxygen atoms in total. The molecular weight excluding hydrogens is 623 g/mol. The van der Waals surface area contributed by atoms with Crippen molar-refractivity contribution in [3.8, 4) is 6.07 Å². The van der Waals surface area contributed by atoms with Crippen molar-refractivity contribution in [3.63, 3.8) is 0 Å². The van der Waals surface area contributed by atoms with E-state index in [2.05, 4.69) is 10.6 Å². The van der Waals surface area contributed by atoms with E-state index in [1.807, 2.05) is 6.07 Å². The number of fused-ring (bicyclic) bond motifs is 1. The Morgan fingerprint density at radius 3 is 2.34 bits per heavy atom. The lowest BCUT2D eigenvalue weighted by Gasteiger charge is -2.31. The van der Waals surface area contributed by atoms with Crippen LogP contribution in [-0.2, 0) is 19.1 Å². The third-order valence-electron chi connectivity index (χ3n) is 7.43. The number of alkyl halides is 5. The number of esters is 1. The van der Waals surface area contributed by atoms with Crippen LogP contribution in [0.2, 0.25) is 0 Å². The molecule has 3 aromatic rings. The molecule has 4 rings (SSSR count). The second-order valence-electron chi connectivity index (χ2n) is 12.0. The zero-order valence-corrected chi connectivity index (χ0v) is 25.8. The van der Waals surface area contributed by atoms with E-state index in [9.17, 15) is 41.6 Å². The summed E-state index contributed by atoms with van der Waals surface area (Å²) in [4.78, 5) is 42.6. The SMILES string of the molecule is CC(C)(C)OC(=O)[C@@H](c1ccccc1)[C@@H](CCC(F)(F)F)C(=O)N[C@H]1CN(c2cccc(C#N)c2)c2cccc(C(F)F)c2NC1=O. The van der Waals surface area contributed by atoms with Crippen LogP contribution < -0.4 is 15.5 Å². The maximum atomic E-state index is 14.1. The van der Waals surface area contributed by atoms with Gasteiger partial charge in [-0.1, -0.05) is 48.5 Å². The van der Waals surface area contributed by atoms with Gasteiger partial charge in [-0.3, -0.25) is 14.4 Å². The normalized spacial score (nSPS) is 16.3. The number of nitriles is 1. The number of nitrogens with zero attached hydrogens (tertiary/aromatic N) is 2.